The highest BCUT2D eigenvalue weighted by atomic mass is 32.1. The monoisotopic (exact) mass is 563 g/mol. The lowest BCUT2D eigenvalue weighted by Gasteiger charge is -2.30. The molecule has 0 spiro atoms. The van der Waals surface area contributed by atoms with Gasteiger partial charge in [-0.15, -0.1) is 0 Å². The largest absolute Gasteiger partial charge is 0.393 e. The normalized spacial score (nSPS) is 22.0. The molecule has 12 heteroatoms. The summed E-state index contributed by atoms with van der Waals surface area (Å²) in [7, 11) is 0. The summed E-state index contributed by atoms with van der Waals surface area (Å²) in [6.45, 7) is 7.56. The zero-order chi connectivity index (χ0) is 27.6. The van der Waals surface area contributed by atoms with Crippen molar-refractivity contribution >= 4 is 33.9 Å². The van der Waals surface area contributed by atoms with Crippen molar-refractivity contribution in [1.82, 2.24) is 38.7 Å². The number of aliphatic hydroxyl groups excluding tert-OH is 1. The highest BCUT2D eigenvalue weighted by Crippen LogP contribution is 2.28. The molecule has 0 radical (unpaired) electrons. The molecule has 40 heavy (non-hydrogen) atoms. The molecule has 4 aromatic rings. The molecule has 1 atom stereocenters. The number of aryl methyl sites for hydroxylation is 1. The maximum absolute atomic E-state index is 12.6. The van der Waals surface area contributed by atoms with Crippen LogP contribution in [0.1, 0.15) is 56.8 Å². The number of carbonyl (C=O) groups excluding carboxylic acids is 1. The Kier molecular flexibility index (Phi) is 7.81. The molecular weight excluding hydrogens is 526 g/mol. The number of amides is 1. The Balaban J connectivity index is 1.14. The lowest BCUT2D eigenvalue weighted by Crippen LogP contribution is -2.40. The zero-order valence-electron chi connectivity index (χ0n) is 23.1. The Morgan fingerprint density at radius 2 is 2.02 bits per heavy atom. The van der Waals surface area contributed by atoms with Gasteiger partial charge in [-0.2, -0.15) is 9.47 Å². The van der Waals surface area contributed by atoms with Crippen molar-refractivity contribution in [2.75, 3.05) is 18.4 Å². The fourth-order valence-corrected chi connectivity index (χ4v) is 6.51. The van der Waals surface area contributed by atoms with Crippen LogP contribution in [0, 0.1) is 12.8 Å². The predicted octanol–water partition coefficient (Wildman–Crippen LogP) is 3.75. The molecule has 0 bridgehead atoms. The van der Waals surface area contributed by atoms with Crippen molar-refractivity contribution in [3.8, 4) is 11.3 Å². The summed E-state index contributed by atoms with van der Waals surface area (Å²) in [6, 6.07) is 2.23. The molecule has 6 rings (SSSR count). The van der Waals surface area contributed by atoms with Gasteiger partial charge in [-0.25, -0.2) is 9.97 Å². The third-order valence-electron chi connectivity index (χ3n) is 7.84. The number of aliphatic hydroxyl groups is 1. The van der Waals surface area contributed by atoms with Crippen molar-refractivity contribution in [3.63, 3.8) is 0 Å². The number of carbonyl (C=O) groups is 1. The first-order valence-electron chi connectivity index (χ1n) is 14.2. The average Bonchev–Trinajstić information content (AvgIpc) is 3.66. The summed E-state index contributed by atoms with van der Waals surface area (Å²) in [5.41, 5.74) is 4.39. The minimum Gasteiger partial charge on any atom is -0.393 e. The lowest BCUT2D eigenvalue weighted by molar-refractivity contribution is -0.122. The number of aromatic nitrogens is 6. The SMILES string of the molecule is Cc1cn2c(-c3cnn(CC(=O)NC4CCC(O)CC4)c3)cnc2c(Nc2cc(CN3CCCC(C)C3)ns2)n1. The standard InChI is InChI=1S/C28H37N9O2S/c1-18-4-3-9-35(13-18)16-22-10-26(40-34-22)33-27-28-29-12-24(37(28)14-19(2)31-27)20-11-30-36(15-20)17-25(39)32-21-5-7-23(38)8-6-21/h10-12,14-15,18,21,23,38H,3-9,13,16-17H2,1-2H3,(H,31,33)(H,32,39). The number of nitrogens with one attached hydrogen (secondary N) is 2. The molecular formula is C28H37N9O2S. The first-order valence-corrected chi connectivity index (χ1v) is 15.0. The van der Waals surface area contributed by atoms with Crippen LogP contribution in [-0.4, -0.2) is 69.7 Å². The summed E-state index contributed by atoms with van der Waals surface area (Å²) < 4.78 is 8.34. The van der Waals surface area contributed by atoms with E-state index in [1.165, 1.54) is 24.4 Å². The number of anilines is 2. The van der Waals surface area contributed by atoms with Crippen LogP contribution in [0.5, 0.6) is 0 Å². The van der Waals surface area contributed by atoms with E-state index in [4.69, 9.17) is 4.98 Å². The van der Waals surface area contributed by atoms with Gasteiger partial charge in [0, 0.05) is 37.1 Å². The number of piperidine rings is 1. The highest BCUT2D eigenvalue weighted by molar-refractivity contribution is 7.10. The third-order valence-corrected chi connectivity index (χ3v) is 8.58. The summed E-state index contributed by atoms with van der Waals surface area (Å²) in [5, 5.41) is 21.6. The van der Waals surface area contributed by atoms with Gasteiger partial charge in [0.05, 0.1) is 35.6 Å². The predicted molar refractivity (Wildman–Crippen MR) is 154 cm³/mol. The number of likely N-dealkylation sites (tertiary alicyclic amines) is 1. The van der Waals surface area contributed by atoms with Crippen LogP contribution in [0.2, 0.25) is 0 Å². The Bertz CT molecular complexity index is 1470. The molecule has 1 aliphatic heterocycles. The van der Waals surface area contributed by atoms with Crippen LogP contribution in [0.25, 0.3) is 16.9 Å². The minimum atomic E-state index is -0.241. The fraction of sp³-hybridized carbons (Fsp3) is 0.536. The Morgan fingerprint density at radius 1 is 1.18 bits per heavy atom. The minimum absolute atomic E-state index is 0.0700. The molecule has 1 aliphatic carbocycles. The van der Waals surface area contributed by atoms with Gasteiger partial charge < -0.3 is 15.7 Å². The molecule has 3 N–H and O–H groups in total. The summed E-state index contributed by atoms with van der Waals surface area (Å²) >= 11 is 1.44. The Morgan fingerprint density at radius 3 is 2.85 bits per heavy atom. The number of nitrogens with zero attached hydrogens (tertiary/aromatic N) is 7. The van der Waals surface area contributed by atoms with Crippen molar-refractivity contribution in [2.24, 2.45) is 5.92 Å². The fourth-order valence-electron chi connectivity index (χ4n) is 5.85. The van der Waals surface area contributed by atoms with E-state index in [0.29, 0.717) is 11.5 Å². The van der Waals surface area contributed by atoms with Crippen molar-refractivity contribution in [1.29, 1.82) is 0 Å². The number of rotatable bonds is 8. The first kappa shape index (κ1) is 26.9. The van der Waals surface area contributed by atoms with Crippen molar-refractivity contribution < 1.29 is 9.90 Å². The second kappa shape index (κ2) is 11.6. The van der Waals surface area contributed by atoms with Crippen LogP contribution in [-0.2, 0) is 17.9 Å². The molecule has 5 heterocycles. The molecule has 2 aliphatic rings. The summed E-state index contributed by atoms with van der Waals surface area (Å²) in [5.74, 6) is 1.35. The molecule has 11 nitrogen and oxygen atoms in total. The molecule has 1 amide bonds. The Hall–Kier alpha value is -3.35. The first-order chi connectivity index (χ1) is 19.4. The quantitative estimate of drug-likeness (QED) is 0.296. The van der Waals surface area contributed by atoms with Crippen LogP contribution in [0.3, 0.4) is 0 Å². The van der Waals surface area contributed by atoms with E-state index in [1.54, 1.807) is 10.9 Å². The average molecular weight is 564 g/mol. The molecule has 1 unspecified atom stereocenters. The van der Waals surface area contributed by atoms with Crippen LogP contribution in [0.15, 0.2) is 30.9 Å². The number of fused-ring (bicyclic) bond motifs is 1. The topological polar surface area (TPSA) is 126 Å². The van der Waals surface area contributed by atoms with E-state index in [1.807, 2.05) is 29.9 Å². The van der Waals surface area contributed by atoms with Gasteiger partial charge in [0.2, 0.25) is 5.91 Å². The maximum atomic E-state index is 12.6. The Labute approximate surface area is 237 Å². The number of imidazole rings is 1. The van der Waals surface area contributed by atoms with Gasteiger partial charge in [-0.3, -0.25) is 18.8 Å². The van der Waals surface area contributed by atoms with Crippen LogP contribution < -0.4 is 10.6 Å². The third kappa shape index (κ3) is 6.18. The van der Waals surface area contributed by atoms with E-state index in [-0.39, 0.29) is 24.6 Å². The van der Waals surface area contributed by atoms with Crippen molar-refractivity contribution in [3.05, 3.63) is 42.2 Å². The summed E-state index contributed by atoms with van der Waals surface area (Å²) in [4.78, 5) is 24.5. The van der Waals surface area contributed by atoms with E-state index >= 15 is 0 Å². The smallest absolute Gasteiger partial charge is 0.241 e. The van der Waals surface area contributed by atoms with E-state index in [9.17, 15) is 9.90 Å². The molecule has 0 aromatic carbocycles. The second-order valence-electron chi connectivity index (χ2n) is 11.4. The van der Waals surface area contributed by atoms with E-state index in [2.05, 4.69) is 43.0 Å². The van der Waals surface area contributed by atoms with Gasteiger partial charge in [-0.1, -0.05) is 6.92 Å². The van der Waals surface area contributed by atoms with Gasteiger partial charge in [-0.05, 0) is 75.5 Å². The van der Waals surface area contributed by atoms with Gasteiger partial charge >= 0.3 is 0 Å². The molecule has 1 saturated heterocycles. The number of hydrogen-bond donors (Lipinski definition) is 3. The zero-order valence-corrected chi connectivity index (χ0v) is 23.9. The van der Waals surface area contributed by atoms with Gasteiger partial charge in [0.1, 0.15) is 11.5 Å². The van der Waals surface area contributed by atoms with Crippen LogP contribution in [0.4, 0.5) is 10.8 Å². The molecule has 1 saturated carbocycles. The van der Waals surface area contributed by atoms with E-state index in [0.717, 1.165) is 78.9 Å². The van der Waals surface area contributed by atoms with Gasteiger partial charge in [0.25, 0.3) is 0 Å². The number of hydrogen-bond acceptors (Lipinski definition) is 9. The molecule has 2 fully saturated rings. The van der Waals surface area contributed by atoms with E-state index < -0.39 is 0 Å². The lowest BCUT2D eigenvalue weighted by atomic mass is 9.93. The summed E-state index contributed by atoms with van der Waals surface area (Å²) in [6.07, 6.45) is 12.8. The maximum Gasteiger partial charge on any atom is 0.241 e. The van der Waals surface area contributed by atoms with Crippen LogP contribution >= 0.6 is 11.5 Å². The molecule has 4 aromatic heterocycles. The second-order valence-corrected chi connectivity index (χ2v) is 12.2. The van der Waals surface area contributed by atoms with Gasteiger partial charge in [0.15, 0.2) is 11.5 Å². The van der Waals surface area contributed by atoms with Crippen molar-refractivity contribution in [2.45, 2.75) is 77.6 Å². The molecule has 212 valence electrons. The highest BCUT2D eigenvalue weighted by Gasteiger charge is 2.22.